The molecule has 0 saturated heterocycles. The standard InChI is InChI=1S/C13H14BrN3OS/c1-2-15-11(10-3-5-18-12(10)14)7-9-8-17-4-6-19-13(17)16-9/h3-6,8,11,15H,2,7H2,1H3. The van der Waals surface area contributed by atoms with Crippen LogP contribution in [-0.4, -0.2) is 15.9 Å². The van der Waals surface area contributed by atoms with Crippen LogP contribution in [0.4, 0.5) is 0 Å². The quantitative estimate of drug-likeness (QED) is 0.771. The lowest BCUT2D eigenvalue weighted by molar-refractivity contribution is 0.504. The number of fused-ring (bicyclic) bond motifs is 1. The Bertz CT molecular complexity index is 644. The summed E-state index contributed by atoms with van der Waals surface area (Å²) in [7, 11) is 0. The van der Waals surface area contributed by atoms with Gasteiger partial charge in [-0.2, -0.15) is 0 Å². The van der Waals surface area contributed by atoms with E-state index in [2.05, 4.69) is 43.8 Å². The molecule has 19 heavy (non-hydrogen) atoms. The fraction of sp³-hybridized carbons (Fsp3) is 0.308. The van der Waals surface area contributed by atoms with E-state index >= 15 is 0 Å². The van der Waals surface area contributed by atoms with E-state index in [-0.39, 0.29) is 6.04 Å². The SMILES string of the molecule is CCNC(Cc1cn2ccsc2n1)c1ccoc1Br. The number of imidazole rings is 1. The minimum atomic E-state index is 0.211. The molecule has 4 nitrogen and oxygen atoms in total. The molecule has 0 spiro atoms. The van der Waals surface area contributed by atoms with Crippen LogP contribution in [0, 0.1) is 0 Å². The summed E-state index contributed by atoms with van der Waals surface area (Å²) in [5.41, 5.74) is 2.23. The molecule has 1 atom stereocenters. The maximum Gasteiger partial charge on any atom is 0.193 e. The second kappa shape index (κ2) is 5.48. The minimum Gasteiger partial charge on any atom is -0.457 e. The summed E-state index contributed by atoms with van der Waals surface area (Å²) in [5.74, 6) is 0. The summed E-state index contributed by atoms with van der Waals surface area (Å²) >= 11 is 5.10. The molecule has 0 amide bonds. The van der Waals surface area contributed by atoms with Gasteiger partial charge in [-0.3, -0.25) is 4.40 Å². The van der Waals surface area contributed by atoms with Crippen LogP contribution in [0.25, 0.3) is 4.96 Å². The van der Waals surface area contributed by atoms with Gasteiger partial charge in [-0.15, -0.1) is 11.3 Å². The molecule has 3 aromatic rings. The lowest BCUT2D eigenvalue weighted by atomic mass is 10.1. The van der Waals surface area contributed by atoms with Crippen molar-refractivity contribution in [3.05, 3.63) is 46.0 Å². The molecule has 1 N–H and O–H groups in total. The van der Waals surface area contributed by atoms with Crippen molar-refractivity contribution in [1.82, 2.24) is 14.7 Å². The monoisotopic (exact) mass is 339 g/mol. The maximum atomic E-state index is 5.33. The van der Waals surface area contributed by atoms with E-state index in [0.717, 1.165) is 33.9 Å². The first-order valence-corrected chi connectivity index (χ1v) is 7.82. The second-order valence-electron chi connectivity index (χ2n) is 4.29. The fourth-order valence-corrected chi connectivity index (χ4v) is 3.41. The molecule has 0 radical (unpaired) electrons. The van der Waals surface area contributed by atoms with Crippen LogP contribution in [0.1, 0.15) is 24.2 Å². The highest BCUT2D eigenvalue weighted by atomic mass is 79.9. The number of nitrogens with zero attached hydrogens (tertiary/aromatic N) is 2. The van der Waals surface area contributed by atoms with Crippen molar-refractivity contribution in [2.24, 2.45) is 0 Å². The lowest BCUT2D eigenvalue weighted by Crippen LogP contribution is -2.23. The zero-order chi connectivity index (χ0) is 13.2. The highest BCUT2D eigenvalue weighted by Gasteiger charge is 2.18. The highest BCUT2D eigenvalue weighted by molar-refractivity contribution is 9.10. The highest BCUT2D eigenvalue weighted by Crippen LogP contribution is 2.27. The van der Waals surface area contributed by atoms with E-state index in [0.29, 0.717) is 0 Å². The van der Waals surface area contributed by atoms with E-state index < -0.39 is 0 Å². The fourth-order valence-electron chi connectivity index (χ4n) is 2.18. The van der Waals surface area contributed by atoms with E-state index in [9.17, 15) is 0 Å². The van der Waals surface area contributed by atoms with E-state index in [1.807, 2.05) is 17.6 Å². The van der Waals surface area contributed by atoms with Gasteiger partial charge in [-0.05, 0) is 28.5 Å². The van der Waals surface area contributed by atoms with Crippen LogP contribution < -0.4 is 5.32 Å². The van der Waals surface area contributed by atoms with Gasteiger partial charge in [0.05, 0.1) is 12.0 Å². The molecule has 0 saturated carbocycles. The molecule has 0 aliphatic carbocycles. The number of aromatic nitrogens is 2. The Morgan fingerprint density at radius 3 is 3.16 bits per heavy atom. The van der Waals surface area contributed by atoms with Crippen molar-refractivity contribution >= 4 is 32.2 Å². The topological polar surface area (TPSA) is 42.5 Å². The summed E-state index contributed by atoms with van der Waals surface area (Å²) in [6.45, 7) is 3.01. The zero-order valence-electron chi connectivity index (χ0n) is 10.5. The van der Waals surface area contributed by atoms with Crippen LogP contribution in [0.15, 0.2) is 39.2 Å². The molecule has 6 heteroatoms. The number of thiazole rings is 1. The van der Waals surface area contributed by atoms with Gasteiger partial charge in [0.2, 0.25) is 0 Å². The summed E-state index contributed by atoms with van der Waals surface area (Å²) in [6.07, 6.45) is 6.67. The maximum absolute atomic E-state index is 5.33. The van der Waals surface area contributed by atoms with Gasteiger partial charge in [0.1, 0.15) is 0 Å². The minimum absolute atomic E-state index is 0.211. The van der Waals surface area contributed by atoms with Crippen LogP contribution in [-0.2, 0) is 6.42 Å². The molecule has 3 aromatic heterocycles. The Labute approximate surface area is 123 Å². The van der Waals surface area contributed by atoms with Crippen molar-refractivity contribution in [2.75, 3.05) is 6.54 Å². The summed E-state index contributed by atoms with van der Waals surface area (Å²) in [5, 5.41) is 5.52. The zero-order valence-corrected chi connectivity index (χ0v) is 12.9. The van der Waals surface area contributed by atoms with Crippen molar-refractivity contribution in [2.45, 2.75) is 19.4 Å². The molecule has 1 unspecified atom stereocenters. The molecule has 3 heterocycles. The summed E-state index contributed by atoms with van der Waals surface area (Å²) in [4.78, 5) is 5.67. The Morgan fingerprint density at radius 1 is 1.58 bits per heavy atom. The lowest BCUT2D eigenvalue weighted by Gasteiger charge is -2.15. The van der Waals surface area contributed by atoms with Gasteiger partial charge in [0.15, 0.2) is 9.63 Å². The number of hydrogen-bond donors (Lipinski definition) is 1. The third-order valence-electron chi connectivity index (χ3n) is 3.03. The molecule has 0 aliphatic heterocycles. The van der Waals surface area contributed by atoms with E-state index in [1.54, 1.807) is 17.6 Å². The molecule has 3 rings (SSSR count). The van der Waals surface area contributed by atoms with Crippen LogP contribution in [0.5, 0.6) is 0 Å². The molecule has 0 bridgehead atoms. The van der Waals surface area contributed by atoms with Gasteiger partial charge >= 0.3 is 0 Å². The van der Waals surface area contributed by atoms with Crippen molar-refractivity contribution in [3.63, 3.8) is 0 Å². The van der Waals surface area contributed by atoms with Crippen molar-refractivity contribution in [1.29, 1.82) is 0 Å². The number of nitrogens with one attached hydrogen (secondary N) is 1. The number of rotatable bonds is 5. The molecule has 0 aromatic carbocycles. The third-order valence-corrected chi connectivity index (χ3v) is 4.44. The molecular weight excluding hydrogens is 326 g/mol. The molecule has 0 fully saturated rings. The van der Waals surface area contributed by atoms with Gasteiger partial charge in [-0.1, -0.05) is 6.92 Å². The Kier molecular flexibility index (Phi) is 3.72. The predicted molar refractivity (Wildman–Crippen MR) is 79.6 cm³/mol. The van der Waals surface area contributed by atoms with Crippen LogP contribution in [0.2, 0.25) is 0 Å². The first-order valence-electron chi connectivity index (χ1n) is 6.15. The normalized spacial score (nSPS) is 13.2. The average molecular weight is 340 g/mol. The summed E-state index contributed by atoms with van der Waals surface area (Å²) < 4.78 is 8.18. The van der Waals surface area contributed by atoms with Crippen LogP contribution in [0.3, 0.4) is 0 Å². The third kappa shape index (κ3) is 2.61. The number of likely N-dealkylation sites (N-methyl/N-ethyl adjacent to an activating group) is 1. The first kappa shape index (κ1) is 12.9. The average Bonchev–Trinajstić information content (AvgIpc) is 3.03. The second-order valence-corrected chi connectivity index (χ2v) is 5.88. The summed E-state index contributed by atoms with van der Waals surface area (Å²) in [6, 6.07) is 2.21. The Morgan fingerprint density at radius 2 is 2.47 bits per heavy atom. The number of furan rings is 1. The Hall–Kier alpha value is -1.11. The number of hydrogen-bond acceptors (Lipinski definition) is 4. The van der Waals surface area contributed by atoms with Gasteiger partial charge in [0.25, 0.3) is 0 Å². The van der Waals surface area contributed by atoms with Gasteiger partial charge < -0.3 is 9.73 Å². The van der Waals surface area contributed by atoms with E-state index in [1.165, 1.54) is 0 Å². The molecular formula is C13H14BrN3OS. The van der Waals surface area contributed by atoms with Crippen LogP contribution >= 0.6 is 27.3 Å². The predicted octanol–water partition coefficient (Wildman–Crippen LogP) is 3.64. The first-order chi connectivity index (χ1) is 9.28. The largest absolute Gasteiger partial charge is 0.457 e. The smallest absolute Gasteiger partial charge is 0.193 e. The van der Waals surface area contributed by atoms with Gasteiger partial charge in [0, 0.05) is 35.8 Å². The van der Waals surface area contributed by atoms with Gasteiger partial charge in [-0.25, -0.2) is 4.98 Å². The van der Waals surface area contributed by atoms with Crippen molar-refractivity contribution in [3.8, 4) is 0 Å². The van der Waals surface area contributed by atoms with Crippen molar-refractivity contribution < 1.29 is 4.42 Å². The molecule has 100 valence electrons. The molecule has 0 aliphatic rings. The van der Waals surface area contributed by atoms with E-state index in [4.69, 9.17) is 4.42 Å². The Balaban J connectivity index is 1.85. The number of halogens is 1.